The van der Waals surface area contributed by atoms with Gasteiger partial charge in [0.2, 0.25) is 0 Å². The molecule has 2 heteroatoms. The van der Waals surface area contributed by atoms with Crippen LogP contribution in [-0.4, -0.2) is 17.4 Å². The Morgan fingerprint density at radius 3 is 2.29 bits per heavy atom. The SMILES string of the molecule is Cc1cc(/C=N/C2CCCCC2)cc(C)c1O. The summed E-state index contributed by atoms with van der Waals surface area (Å²) in [5.74, 6) is 0.403. The minimum absolute atomic E-state index is 0.403. The van der Waals surface area contributed by atoms with E-state index < -0.39 is 0 Å². The maximum absolute atomic E-state index is 9.70. The molecule has 0 bridgehead atoms. The standard InChI is InChI=1S/C15H21NO/c1-11-8-13(9-12(2)15(11)17)10-16-14-6-4-3-5-7-14/h8-10,14,17H,3-7H2,1-2H3/b16-10+. The summed E-state index contributed by atoms with van der Waals surface area (Å²) >= 11 is 0. The van der Waals surface area contributed by atoms with E-state index in [-0.39, 0.29) is 0 Å². The first-order valence-corrected chi connectivity index (χ1v) is 6.50. The molecule has 92 valence electrons. The lowest BCUT2D eigenvalue weighted by Crippen LogP contribution is -2.09. The van der Waals surface area contributed by atoms with E-state index >= 15 is 0 Å². The summed E-state index contributed by atoms with van der Waals surface area (Å²) < 4.78 is 0. The topological polar surface area (TPSA) is 32.6 Å². The Hall–Kier alpha value is -1.31. The Kier molecular flexibility index (Phi) is 3.82. The number of nitrogens with zero attached hydrogens (tertiary/aromatic N) is 1. The highest BCUT2D eigenvalue weighted by Crippen LogP contribution is 2.23. The maximum Gasteiger partial charge on any atom is 0.121 e. The second kappa shape index (κ2) is 5.35. The van der Waals surface area contributed by atoms with Crippen molar-refractivity contribution in [3.05, 3.63) is 28.8 Å². The summed E-state index contributed by atoms with van der Waals surface area (Å²) in [5.41, 5.74) is 2.95. The Morgan fingerprint density at radius 2 is 1.71 bits per heavy atom. The van der Waals surface area contributed by atoms with E-state index in [1.54, 1.807) is 0 Å². The van der Waals surface area contributed by atoms with E-state index in [1.165, 1.54) is 32.1 Å². The van der Waals surface area contributed by atoms with Gasteiger partial charge in [-0.15, -0.1) is 0 Å². The molecule has 1 aliphatic carbocycles. The third-order valence-electron chi connectivity index (χ3n) is 3.52. The van der Waals surface area contributed by atoms with Crippen LogP contribution in [0.5, 0.6) is 5.75 Å². The van der Waals surface area contributed by atoms with Crippen molar-refractivity contribution < 1.29 is 5.11 Å². The van der Waals surface area contributed by atoms with Crippen LogP contribution in [0.3, 0.4) is 0 Å². The van der Waals surface area contributed by atoms with Crippen molar-refractivity contribution in [3.8, 4) is 5.75 Å². The molecule has 0 radical (unpaired) electrons. The number of phenolic OH excluding ortho intramolecular Hbond substituents is 1. The second-order valence-electron chi connectivity index (χ2n) is 5.07. The molecule has 1 fully saturated rings. The zero-order valence-corrected chi connectivity index (χ0v) is 10.7. The molecule has 0 amide bonds. The Balaban J connectivity index is 2.10. The zero-order valence-electron chi connectivity index (χ0n) is 10.7. The minimum Gasteiger partial charge on any atom is -0.507 e. The summed E-state index contributed by atoms with van der Waals surface area (Å²) in [5, 5.41) is 9.70. The molecule has 0 atom stereocenters. The number of aryl methyl sites for hydroxylation is 2. The van der Waals surface area contributed by atoms with Gasteiger partial charge in [0.1, 0.15) is 5.75 Å². The first-order chi connectivity index (χ1) is 8.16. The molecule has 0 heterocycles. The van der Waals surface area contributed by atoms with E-state index in [1.807, 2.05) is 32.2 Å². The largest absolute Gasteiger partial charge is 0.507 e. The molecule has 1 aromatic carbocycles. The van der Waals surface area contributed by atoms with E-state index in [0.717, 1.165) is 16.7 Å². The van der Waals surface area contributed by atoms with Gasteiger partial charge in [-0.2, -0.15) is 0 Å². The van der Waals surface area contributed by atoms with E-state index in [9.17, 15) is 5.11 Å². The maximum atomic E-state index is 9.70. The zero-order chi connectivity index (χ0) is 12.3. The quantitative estimate of drug-likeness (QED) is 0.772. The third-order valence-corrected chi connectivity index (χ3v) is 3.52. The number of aliphatic imine (C=N–C) groups is 1. The second-order valence-corrected chi connectivity index (χ2v) is 5.07. The first-order valence-electron chi connectivity index (χ1n) is 6.50. The van der Waals surface area contributed by atoms with Gasteiger partial charge in [-0.1, -0.05) is 19.3 Å². The van der Waals surface area contributed by atoms with Crippen LogP contribution in [-0.2, 0) is 0 Å². The lowest BCUT2D eigenvalue weighted by atomic mass is 9.96. The molecular formula is C15H21NO. The van der Waals surface area contributed by atoms with Crippen LogP contribution in [0.15, 0.2) is 17.1 Å². The molecule has 1 aliphatic rings. The predicted octanol–water partition coefficient (Wildman–Crippen LogP) is 3.76. The van der Waals surface area contributed by atoms with Crippen LogP contribution in [0.1, 0.15) is 48.8 Å². The van der Waals surface area contributed by atoms with Gasteiger partial charge in [0.15, 0.2) is 0 Å². The summed E-state index contributed by atoms with van der Waals surface area (Å²) in [6.07, 6.45) is 8.42. The molecule has 2 rings (SSSR count). The van der Waals surface area contributed by atoms with Crippen LogP contribution in [0.25, 0.3) is 0 Å². The number of rotatable bonds is 2. The van der Waals surface area contributed by atoms with Crippen molar-refractivity contribution in [2.75, 3.05) is 0 Å². The fourth-order valence-electron chi connectivity index (χ4n) is 2.49. The third kappa shape index (κ3) is 3.09. The smallest absolute Gasteiger partial charge is 0.121 e. The molecule has 0 saturated heterocycles. The minimum atomic E-state index is 0.403. The van der Waals surface area contributed by atoms with Crippen molar-refractivity contribution in [3.63, 3.8) is 0 Å². The molecule has 0 aliphatic heterocycles. The molecule has 0 unspecified atom stereocenters. The number of hydrogen-bond donors (Lipinski definition) is 1. The molecule has 1 saturated carbocycles. The average Bonchev–Trinajstić information content (AvgIpc) is 2.34. The fraction of sp³-hybridized carbons (Fsp3) is 0.533. The molecule has 2 nitrogen and oxygen atoms in total. The molecular weight excluding hydrogens is 210 g/mol. The number of benzene rings is 1. The lowest BCUT2D eigenvalue weighted by molar-refractivity contribution is 0.444. The Bertz CT molecular complexity index is 394. The van der Waals surface area contributed by atoms with Crippen LogP contribution < -0.4 is 0 Å². The highest BCUT2D eigenvalue weighted by atomic mass is 16.3. The molecule has 17 heavy (non-hydrogen) atoms. The Morgan fingerprint density at radius 1 is 1.12 bits per heavy atom. The predicted molar refractivity (Wildman–Crippen MR) is 72.0 cm³/mol. The van der Waals surface area contributed by atoms with Crippen molar-refractivity contribution in [1.29, 1.82) is 0 Å². The average molecular weight is 231 g/mol. The Labute approximate surface area is 103 Å². The number of aromatic hydroxyl groups is 1. The van der Waals surface area contributed by atoms with Gasteiger partial charge in [0.05, 0.1) is 0 Å². The van der Waals surface area contributed by atoms with Gasteiger partial charge >= 0.3 is 0 Å². The summed E-state index contributed by atoms with van der Waals surface area (Å²) in [7, 11) is 0. The van der Waals surface area contributed by atoms with Gasteiger partial charge < -0.3 is 5.11 Å². The van der Waals surface area contributed by atoms with Crippen LogP contribution in [0.2, 0.25) is 0 Å². The molecule has 1 aromatic rings. The normalized spacial score (nSPS) is 17.8. The monoisotopic (exact) mass is 231 g/mol. The van der Waals surface area contributed by atoms with Crippen molar-refractivity contribution in [2.24, 2.45) is 4.99 Å². The van der Waals surface area contributed by atoms with Gasteiger partial charge in [-0.05, 0) is 55.5 Å². The highest BCUT2D eigenvalue weighted by Gasteiger charge is 2.10. The van der Waals surface area contributed by atoms with Gasteiger partial charge in [0.25, 0.3) is 0 Å². The van der Waals surface area contributed by atoms with Crippen LogP contribution in [0.4, 0.5) is 0 Å². The summed E-state index contributed by atoms with van der Waals surface area (Å²) in [4.78, 5) is 4.66. The molecule has 1 N–H and O–H groups in total. The van der Waals surface area contributed by atoms with E-state index in [2.05, 4.69) is 4.99 Å². The van der Waals surface area contributed by atoms with Gasteiger partial charge in [0, 0.05) is 12.3 Å². The highest BCUT2D eigenvalue weighted by molar-refractivity contribution is 5.81. The van der Waals surface area contributed by atoms with Crippen molar-refractivity contribution in [1.82, 2.24) is 0 Å². The number of phenols is 1. The summed E-state index contributed by atoms with van der Waals surface area (Å²) in [6.45, 7) is 3.86. The van der Waals surface area contributed by atoms with Crippen LogP contribution >= 0.6 is 0 Å². The van der Waals surface area contributed by atoms with Gasteiger partial charge in [-0.3, -0.25) is 4.99 Å². The lowest BCUT2D eigenvalue weighted by Gasteiger charge is -2.17. The van der Waals surface area contributed by atoms with Crippen molar-refractivity contribution >= 4 is 6.21 Å². The first kappa shape index (κ1) is 12.2. The summed E-state index contributed by atoms with van der Waals surface area (Å²) in [6, 6.07) is 4.50. The van der Waals surface area contributed by atoms with E-state index in [4.69, 9.17) is 0 Å². The molecule has 0 aromatic heterocycles. The molecule has 0 spiro atoms. The number of hydrogen-bond acceptors (Lipinski definition) is 2. The van der Waals surface area contributed by atoms with Gasteiger partial charge in [-0.25, -0.2) is 0 Å². The van der Waals surface area contributed by atoms with Crippen LogP contribution in [0, 0.1) is 13.8 Å². The van der Waals surface area contributed by atoms with E-state index in [0.29, 0.717) is 11.8 Å². The van der Waals surface area contributed by atoms with Crippen molar-refractivity contribution in [2.45, 2.75) is 52.0 Å². The fourth-order valence-corrected chi connectivity index (χ4v) is 2.49.